The molecule has 0 radical (unpaired) electrons. The largest absolute Gasteiger partial charge is 0.478 e. The molecule has 1 aromatic rings. The quantitative estimate of drug-likeness (QED) is 0.765. The lowest BCUT2D eigenvalue weighted by molar-refractivity contribution is -0.131. The lowest BCUT2D eigenvalue weighted by Crippen LogP contribution is -2.30. The van der Waals surface area contributed by atoms with Gasteiger partial charge in [-0.05, 0) is 44.0 Å². The van der Waals surface area contributed by atoms with Gasteiger partial charge in [0.15, 0.2) is 0 Å². The normalized spacial score (nSPS) is 11.6. The Labute approximate surface area is 115 Å². The van der Waals surface area contributed by atoms with Crippen molar-refractivity contribution in [1.29, 1.82) is 0 Å². The molecule has 1 aromatic carbocycles. The Bertz CT molecular complexity index is 438. The number of carboxylic acids is 1. The monoisotopic (exact) mass is 261 g/mol. The van der Waals surface area contributed by atoms with Gasteiger partial charge >= 0.3 is 5.97 Å². The van der Waals surface area contributed by atoms with Gasteiger partial charge in [-0.1, -0.05) is 31.2 Å². The van der Waals surface area contributed by atoms with E-state index in [9.17, 15) is 4.79 Å². The van der Waals surface area contributed by atoms with Crippen LogP contribution in [0.4, 0.5) is 0 Å². The first-order valence-corrected chi connectivity index (χ1v) is 6.77. The van der Waals surface area contributed by atoms with Gasteiger partial charge in [0, 0.05) is 18.7 Å². The van der Waals surface area contributed by atoms with Gasteiger partial charge in [0.1, 0.15) is 0 Å². The summed E-state index contributed by atoms with van der Waals surface area (Å²) in [6.07, 6.45) is 3.94. The molecule has 19 heavy (non-hydrogen) atoms. The van der Waals surface area contributed by atoms with Crippen molar-refractivity contribution in [2.75, 3.05) is 6.54 Å². The summed E-state index contributed by atoms with van der Waals surface area (Å²) >= 11 is 0. The minimum atomic E-state index is -0.916. The van der Waals surface area contributed by atoms with Gasteiger partial charge < -0.3 is 5.11 Å². The highest BCUT2D eigenvalue weighted by Crippen LogP contribution is 2.12. The average molecular weight is 261 g/mol. The molecule has 0 spiro atoms. The molecular formula is C16H23NO2. The lowest BCUT2D eigenvalue weighted by Gasteiger charge is -2.26. The molecule has 3 nitrogen and oxygen atoms in total. The van der Waals surface area contributed by atoms with Crippen molar-refractivity contribution in [1.82, 2.24) is 4.90 Å². The summed E-state index contributed by atoms with van der Waals surface area (Å²) in [6, 6.07) is 8.54. The summed E-state index contributed by atoms with van der Waals surface area (Å²) in [5, 5.41) is 8.64. The van der Waals surface area contributed by atoms with Crippen molar-refractivity contribution in [3.63, 3.8) is 0 Å². The van der Waals surface area contributed by atoms with Crippen LogP contribution in [0.3, 0.4) is 0 Å². The number of carbonyl (C=O) groups is 1. The Morgan fingerprint density at radius 2 is 2.16 bits per heavy atom. The molecule has 1 rings (SSSR count). The van der Waals surface area contributed by atoms with Crippen LogP contribution in [0.25, 0.3) is 6.08 Å². The Balaban J connectivity index is 2.78. The number of aliphatic carboxylic acids is 1. The summed E-state index contributed by atoms with van der Waals surface area (Å²) in [6.45, 7) is 8.56. The minimum absolute atomic E-state index is 0.512. The van der Waals surface area contributed by atoms with Crippen LogP contribution in [-0.2, 0) is 11.3 Å². The molecule has 0 amide bonds. The van der Waals surface area contributed by atoms with E-state index in [1.54, 1.807) is 6.08 Å². The van der Waals surface area contributed by atoms with Crippen LogP contribution in [-0.4, -0.2) is 28.6 Å². The first kappa shape index (κ1) is 15.4. The Morgan fingerprint density at radius 3 is 2.74 bits per heavy atom. The molecule has 0 aliphatic heterocycles. The van der Waals surface area contributed by atoms with Crippen LogP contribution in [0.1, 0.15) is 38.3 Å². The van der Waals surface area contributed by atoms with E-state index < -0.39 is 5.97 Å². The molecular weight excluding hydrogens is 238 g/mol. The highest BCUT2D eigenvalue weighted by Gasteiger charge is 2.08. The zero-order chi connectivity index (χ0) is 14.3. The van der Waals surface area contributed by atoms with Crippen LogP contribution < -0.4 is 0 Å². The molecule has 0 aliphatic carbocycles. The minimum Gasteiger partial charge on any atom is -0.478 e. The molecule has 0 unspecified atom stereocenters. The number of benzene rings is 1. The Kier molecular flexibility index (Phi) is 6.30. The molecule has 3 heteroatoms. The second-order valence-corrected chi connectivity index (χ2v) is 4.98. The predicted molar refractivity (Wildman–Crippen MR) is 78.9 cm³/mol. The van der Waals surface area contributed by atoms with Crippen molar-refractivity contribution in [3.8, 4) is 0 Å². The molecule has 0 fully saturated rings. The van der Waals surface area contributed by atoms with Crippen molar-refractivity contribution >= 4 is 12.0 Å². The number of hydrogen-bond donors (Lipinski definition) is 1. The van der Waals surface area contributed by atoms with Crippen LogP contribution in [0.2, 0.25) is 0 Å². The van der Waals surface area contributed by atoms with E-state index in [0.717, 1.165) is 25.1 Å². The third kappa shape index (κ3) is 5.71. The number of nitrogens with zero attached hydrogens (tertiary/aromatic N) is 1. The maximum Gasteiger partial charge on any atom is 0.328 e. The van der Waals surface area contributed by atoms with E-state index >= 15 is 0 Å². The molecule has 0 saturated carbocycles. The van der Waals surface area contributed by atoms with Gasteiger partial charge in [-0.2, -0.15) is 0 Å². The third-order valence-electron chi connectivity index (χ3n) is 3.00. The van der Waals surface area contributed by atoms with Gasteiger partial charge in [-0.15, -0.1) is 0 Å². The fraction of sp³-hybridized carbons (Fsp3) is 0.438. The molecule has 0 aromatic heterocycles. The highest BCUT2D eigenvalue weighted by atomic mass is 16.4. The summed E-state index contributed by atoms with van der Waals surface area (Å²) in [4.78, 5) is 12.9. The SMILES string of the molecule is CCCN(Cc1cccc(/C=C/C(=O)O)c1)C(C)C. The summed E-state index contributed by atoms with van der Waals surface area (Å²) in [7, 11) is 0. The van der Waals surface area contributed by atoms with Gasteiger partial charge in [0.25, 0.3) is 0 Å². The first-order valence-electron chi connectivity index (χ1n) is 6.77. The zero-order valence-electron chi connectivity index (χ0n) is 12.0. The fourth-order valence-electron chi connectivity index (χ4n) is 2.00. The van der Waals surface area contributed by atoms with Crippen molar-refractivity contribution < 1.29 is 9.90 Å². The molecule has 104 valence electrons. The summed E-state index contributed by atoms with van der Waals surface area (Å²) < 4.78 is 0. The second-order valence-electron chi connectivity index (χ2n) is 4.98. The van der Waals surface area contributed by atoms with Crippen molar-refractivity contribution in [3.05, 3.63) is 41.5 Å². The molecule has 0 heterocycles. The van der Waals surface area contributed by atoms with E-state index in [1.165, 1.54) is 11.6 Å². The number of carboxylic acid groups (broad SMARTS) is 1. The van der Waals surface area contributed by atoms with Crippen LogP contribution in [0.5, 0.6) is 0 Å². The van der Waals surface area contributed by atoms with E-state index in [0.29, 0.717) is 6.04 Å². The topological polar surface area (TPSA) is 40.5 Å². The maximum atomic E-state index is 10.5. The van der Waals surface area contributed by atoms with E-state index in [-0.39, 0.29) is 0 Å². The smallest absolute Gasteiger partial charge is 0.328 e. The fourth-order valence-corrected chi connectivity index (χ4v) is 2.00. The average Bonchev–Trinajstić information content (AvgIpc) is 2.36. The van der Waals surface area contributed by atoms with Crippen molar-refractivity contribution in [2.45, 2.75) is 39.8 Å². The van der Waals surface area contributed by atoms with E-state index in [2.05, 4.69) is 31.7 Å². The van der Waals surface area contributed by atoms with Crippen LogP contribution in [0, 0.1) is 0 Å². The van der Waals surface area contributed by atoms with Crippen molar-refractivity contribution in [2.24, 2.45) is 0 Å². The van der Waals surface area contributed by atoms with Crippen LogP contribution >= 0.6 is 0 Å². The lowest BCUT2D eigenvalue weighted by atomic mass is 10.1. The summed E-state index contributed by atoms with van der Waals surface area (Å²) in [5.41, 5.74) is 2.15. The van der Waals surface area contributed by atoms with Gasteiger partial charge in [-0.25, -0.2) is 4.79 Å². The first-order chi connectivity index (χ1) is 9.02. The van der Waals surface area contributed by atoms with E-state index in [4.69, 9.17) is 5.11 Å². The van der Waals surface area contributed by atoms with Gasteiger partial charge in [0.2, 0.25) is 0 Å². The predicted octanol–water partition coefficient (Wildman–Crippen LogP) is 3.40. The maximum absolute atomic E-state index is 10.5. The third-order valence-corrected chi connectivity index (χ3v) is 3.00. The molecule has 1 N–H and O–H groups in total. The summed E-state index contributed by atoms with van der Waals surface area (Å²) in [5.74, 6) is -0.916. The Morgan fingerprint density at radius 1 is 1.42 bits per heavy atom. The van der Waals surface area contributed by atoms with E-state index in [1.807, 2.05) is 18.2 Å². The number of rotatable bonds is 7. The second kappa shape index (κ2) is 7.74. The van der Waals surface area contributed by atoms with Gasteiger partial charge in [0.05, 0.1) is 0 Å². The Hall–Kier alpha value is -1.61. The molecule has 0 aliphatic rings. The standard InChI is InChI=1S/C16H23NO2/c1-4-10-17(13(2)3)12-15-7-5-6-14(11-15)8-9-16(18)19/h5-9,11,13H,4,10,12H2,1-3H3,(H,18,19)/b9-8+. The van der Waals surface area contributed by atoms with Crippen LogP contribution in [0.15, 0.2) is 30.3 Å². The highest BCUT2D eigenvalue weighted by molar-refractivity contribution is 5.85. The zero-order valence-corrected chi connectivity index (χ0v) is 12.0. The number of hydrogen-bond acceptors (Lipinski definition) is 2. The van der Waals surface area contributed by atoms with Gasteiger partial charge in [-0.3, -0.25) is 4.90 Å². The molecule has 0 bridgehead atoms. The molecule has 0 saturated heterocycles. The molecule has 0 atom stereocenters.